The van der Waals surface area contributed by atoms with Crippen molar-refractivity contribution in [3.63, 3.8) is 0 Å². The summed E-state index contributed by atoms with van der Waals surface area (Å²) in [4.78, 5) is 14.7. The molecule has 104 valence electrons. The average Bonchev–Trinajstić information content (AvgIpc) is 2.87. The lowest BCUT2D eigenvalue weighted by molar-refractivity contribution is 0.0916. The van der Waals surface area contributed by atoms with Gasteiger partial charge in [0.1, 0.15) is 5.75 Å². The fraction of sp³-hybridized carbons (Fsp3) is 0.562. The van der Waals surface area contributed by atoms with Crippen molar-refractivity contribution < 1.29 is 9.53 Å². The summed E-state index contributed by atoms with van der Waals surface area (Å²) >= 11 is 0. The van der Waals surface area contributed by atoms with Crippen molar-refractivity contribution in [3.8, 4) is 5.75 Å². The Bertz CT molecular complexity index is 431. The van der Waals surface area contributed by atoms with E-state index in [9.17, 15) is 4.79 Å². The second-order valence-corrected chi connectivity index (χ2v) is 5.03. The van der Waals surface area contributed by atoms with E-state index in [1.807, 2.05) is 31.2 Å². The third-order valence-electron chi connectivity index (χ3n) is 3.80. The number of Topliss-reactive ketones (excluding diaryl/α,β-unsaturated/α-hetero) is 1. The van der Waals surface area contributed by atoms with Crippen molar-refractivity contribution in [1.82, 2.24) is 4.90 Å². The molecule has 1 unspecified atom stereocenters. The normalized spacial score (nSPS) is 19.6. The number of nitrogens with zero attached hydrogens (tertiary/aromatic N) is 1. The molecule has 1 aliphatic rings. The SMILES string of the molecule is CCOc1ccccc1C(=O)CN1CCCC1CC. The number of ketones is 1. The van der Waals surface area contributed by atoms with E-state index in [1.54, 1.807) is 0 Å². The molecule has 1 saturated heterocycles. The molecule has 1 aliphatic heterocycles. The topological polar surface area (TPSA) is 29.5 Å². The molecule has 1 aromatic carbocycles. The Kier molecular flexibility index (Phi) is 4.97. The van der Waals surface area contributed by atoms with E-state index in [2.05, 4.69) is 11.8 Å². The Morgan fingerprint density at radius 3 is 2.89 bits per heavy atom. The van der Waals surface area contributed by atoms with E-state index in [1.165, 1.54) is 12.8 Å². The van der Waals surface area contributed by atoms with E-state index in [4.69, 9.17) is 4.74 Å². The summed E-state index contributed by atoms with van der Waals surface area (Å²) in [6.07, 6.45) is 3.55. The smallest absolute Gasteiger partial charge is 0.180 e. The fourth-order valence-electron chi connectivity index (χ4n) is 2.81. The van der Waals surface area contributed by atoms with Gasteiger partial charge in [-0.05, 0) is 44.9 Å². The van der Waals surface area contributed by atoms with Crippen LogP contribution in [0.1, 0.15) is 43.5 Å². The predicted molar refractivity (Wildman–Crippen MR) is 76.8 cm³/mol. The first-order valence-electron chi connectivity index (χ1n) is 7.25. The highest BCUT2D eigenvalue weighted by atomic mass is 16.5. The van der Waals surface area contributed by atoms with Gasteiger partial charge in [0.25, 0.3) is 0 Å². The van der Waals surface area contributed by atoms with Crippen molar-refractivity contribution in [2.24, 2.45) is 0 Å². The summed E-state index contributed by atoms with van der Waals surface area (Å²) in [5, 5.41) is 0. The first kappa shape index (κ1) is 14.1. The van der Waals surface area contributed by atoms with Gasteiger partial charge in [-0.3, -0.25) is 9.69 Å². The number of likely N-dealkylation sites (tertiary alicyclic amines) is 1. The molecule has 0 radical (unpaired) electrons. The number of ether oxygens (including phenoxy) is 1. The molecular formula is C16H23NO2. The molecule has 1 atom stereocenters. The Morgan fingerprint density at radius 2 is 2.16 bits per heavy atom. The molecule has 19 heavy (non-hydrogen) atoms. The molecule has 1 heterocycles. The van der Waals surface area contributed by atoms with Crippen LogP contribution in [0.2, 0.25) is 0 Å². The van der Waals surface area contributed by atoms with Crippen LogP contribution in [0, 0.1) is 0 Å². The van der Waals surface area contributed by atoms with E-state index in [-0.39, 0.29) is 5.78 Å². The second kappa shape index (κ2) is 6.71. The molecule has 0 amide bonds. The summed E-state index contributed by atoms with van der Waals surface area (Å²) < 4.78 is 5.54. The van der Waals surface area contributed by atoms with Gasteiger partial charge in [0.05, 0.1) is 18.7 Å². The van der Waals surface area contributed by atoms with Crippen molar-refractivity contribution >= 4 is 5.78 Å². The zero-order chi connectivity index (χ0) is 13.7. The Morgan fingerprint density at radius 1 is 1.37 bits per heavy atom. The van der Waals surface area contributed by atoms with Gasteiger partial charge in [-0.25, -0.2) is 0 Å². The summed E-state index contributed by atoms with van der Waals surface area (Å²) in [5.41, 5.74) is 0.714. The molecule has 0 saturated carbocycles. The molecule has 0 N–H and O–H groups in total. The molecule has 0 spiro atoms. The largest absolute Gasteiger partial charge is 0.493 e. The average molecular weight is 261 g/mol. The van der Waals surface area contributed by atoms with E-state index < -0.39 is 0 Å². The molecule has 0 bridgehead atoms. The van der Waals surface area contributed by atoms with Crippen LogP contribution in [0.5, 0.6) is 5.75 Å². The molecular weight excluding hydrogens is 238 g/mol. The van der Waals surface area contributed by atoms with Crippen molar-refractivity contribution in [2.45, 2.75) is 39.2 Å². The first-order chi connectivity index (χ1) is 9.26. The Labute approximate surface area is 115 Å². The lowest BCUT2D eigenvalue weighted by atomic mass is 10.1. The number of hydrogen-bond donors (Lipinski definition) is 0. The number of carbonyl (C=O) groups excluding carboxylic acids is 1. The minimum Gasteiger partial charge on any atom is -0.493 e. The highest BCUT2D eigenvalue weighted by Gasteiger charge is 2.25. The van der Waals surface area contributed by atoms with Crippen LogP contribution in [0.15, 0.2) is 24.3 Å². The van der Waals surface area contributed by atoms with Crippen LogP contribution in [0.4, 0.5) is 0 Å². The minimum absolute atomic E-state index is 0.171. The summed E-state index contributed by atoms with van der Waals surface area (Å²) in [6, 6.07) is 8.12. The number of carbonyl (C=O) groups is 1. The quantitative estimate of drug-likeness (QED) is 0.737. The fourth-order valence-corrected chi connectivity index (χ4v) is 2.81. The van der Waals surface area contributed by atoms with E-state index >= 15 is 0 Å². The third kappa shape index (κ3) is 3.35. The van der Waals surface area contributed by atoms with Gasteiger partial charge in [0.2, 0.25) is 0 Å². The number of rotatable bonds is 6. The van der Waals surface area contributed by atoms with Gasteiger partial charge in [0, 0.05) is 6.04 Å². The molecule has 0 aromatic heterocycles. The summed E-state index contributed by atoms with van der Waals surface area (Å²) in [6.45, 7) is 6.28. The Balaban J connectivity index is 2.07. The van der Waals surface area contributed by atoms with Crippen LogP contribution in [-0.2, 0) is 0 Å². The number of benzene rings is 1. The van der Waals surface area contributed by atoms with Gasteiger partial charge < -0.3 is 4.74 Å². The van der Waals surface area contributed by atoms with Gasteiger partial charge in [-0.15, -0.1) is 0 Å². The molecule has 1 aromatic rings. The van der Waals surface area contributed by atoms with Crippen LogP contribution in [0.25, 0.3) is 0 Å². The molecule has 3 nitrogen and oxygen atoms in total. The summed E-state index contributed by atoms with van der Waals surface area (Å²) in [5.74, 6) is 0.881. The first-order valence-corrected chi connectivity index (χ1v) is 7.25. The minimum atomic E-state index is 0.171. The van der Waals surface area contributed by atoms with Gasteiger partial charge in [-0.1, -0.05) is 19.1 Å². The van der Waals surface area contributed by atoms with Crippen LogP contribution >= 0.6 is 0 Å². The maximum Gasteiger partial charge on any atom is 0.180 e. The third-order valence-corrected chi connectivity index (χ3v) is 3.80. The maximum atomic E-state index is 12.4. The second-order valence-electron chi connectivity index (χ2n) is 5.03. The standard InChI is InChI=1S/C16H23NO2/c1-3-13-8-7-11-17(13)12-15(18)14-9-5-6-10-16(14)19-4-2/h5-6,9-10,13H,3-4,7-8,11-12H2,1-2H3. The van der Waals surface area contributed by atoms with Crippen LogP contribution < -0.4 is 4.74 Å². The van der Waals surface area contributed by atoms with E-state index in [0.717, 1.165) is 13.0 Å². The monoisotopic (exact) mass is 261 g/mol. The number of para-hydroxylation sites is 1. The van der Waals surface area contributed by atoms with Crippen molar-refractivity contribution in [3.05, 3.63) is 29.8 Å². The lowest BCUT2D eigenvalue weighted by Gasteiger charge is -2.22. The zero-order valence-corrected chi connectivity index (χ0v) is 11.9. The maximum absolute atomic E-state index is 12.4. The summed E-state index contributed by atoms with van der Waals surface area (Å²) in [7, 11) is 0. The van der Waals surface area contributed by atoms with Crippen LogP contribution in [-0.4, -0.2) is 36.4 Å². The van der Waals surface area contributed by atoms with Gasteiger partial charge >= 0.3 is 0 Å². The van der Waals surface area contributed by atoms with E-state index in [0.29, 0.717) is 30.5 Å². The van der Waals surface area contributed by atoms with Crippen molar-refractivity contribution in [2.75, 3.05) is 19.7 Å². The molecule has 2 rings (SSSR count). The Hall–Kier alpha value is -1.35. The molecule has 0 aliphatic carbocycles. The number of hydrogen-bond acceptors (Lipinski definition) is 3. The molecule has 1 fully saturated rings. The zero-order valence-electron chi connectivity index (χ0n) is 11.9. The van der Waals surface area contributed by atoms with Gasteiger partial charge in [-0.2, -0.15) is 0 Å². The highest BCUT2D eigenvalue weighted by Crippen LogP contribution is 2.23. The molecule has 3 heteroatoms. The van der Waals surface area contributed by atoms with Crippen LogP contribution in [0.3, 0.4) is 0 Å². The highest BCUT2D eigenvalue weighted by molar-refractivity contribution is 6.00. The van der Waals surface area contributed by atoms with Gasteiger partial charge in [0.15, 0.2) is 5.78 Å². The lowest BCUT2D eigenvalue weighted by Crippen LogP contribution is -2.34. The van der Waals surface area contributed by atoms with Crippen molar-refractivity contribution in [1.29, 1.82) is 0 Å². The predicted octanol–water partition coefficient (Wildman–Crippen LogP) is 3.14.